The predicted octanol–water partition coefficient (Wildman–Crippen LogP) is 8.83. The highest BCUT2D eigenvalue weighted by molar-refractivity contribution is 5.84. The lowest BCUT2D eigenvalue weighted by Gasteiger charge is -2.28. The number of hydrogen-bond acceptors (Lipinski definition) is 6. The number of carboxylic acid groups (broad SMARTS) is 1. The van der Waals surface area contributed by atoms with Gasteiger partial charge in [0.25, 0.3) is 0 Å². The molecule has 0 fully saturated rings. The number of carbonyl (C=O) groups is 1. The zero-order valence-electron chi connectivity index (χ0n) is 29.5. The van der Waals surface area contributed by atoms with Crippen molar-refractivity contribution in [2.45, 2.75) is 85.9 Å². The molecule has 0 unspecified atom stereocenters. The summed E-state index contributed by atoms with van der Waals surface area (Å²) in [6.07, 6.45) is 1.52. The largest absolute Gasteiger partial charge is 0.490 e. The van der Waals surface area contributed by atoms with Gasteiger partial charge in [0.1, 0.15) is 0 Å². The Kier molecular flexibility index (Phi) is 8.41. The lowest BCUT2D eigenvalue weighted by atomic mass is 9.90. The molecule has 5 aromatic rings. The maximum absolute atomic E-state index is 15.8. The standard InChI is InChI=1S/C40H41F2N3O5/c1-20-26-13-9-15-48-35(26)30(41)18-28(20)24-11-8-12-25(17-24)33-22(3)38-43-23(4)32(37(39(46)47)50-40(5,6)7)34(45(38)44-33)29-19-31(42)36-27(21(29)2)14-10-16-49-36/h8,11-12,17-19,37H,9-10,13-16H2,1-7H3,(H,46,47)/t37-/m0/s1. The summed E-state index contributed by atoms with van der Waals surface area (Å²) in [4.78, 5) is 17.8. The minimum Gasteiger partial charge on any atom is -0.490 e. The number of hydrogen-bond donors (Lipinski definition) is 1. The number of aromatic nitrogens is 3. The molecule has 2 aliphatic rings. The predicted molar refractivity (Wildman–Crippen MR) is 187 cm³/mol. The summed E-state index contributed by atoms with van der Waals surface area (Å²) in [6, 6.07) is 10.7. The van der Waals surface area contributed by atoms with E-state index >= 15 is 8.78 Å². The number of carboxylic acids is 1. The molecular weight excluding hydrogens is 640 g/mol. The van der Waals surface area contributed by atoms with Crippen LogP contribution < -0.4 is 9.47 Å². The lowest BCUT2D eigenvalue weighted by Crippen LogP contribution is -2.29. The first-order valence-corrected chi connectivity index (χ1v) is 17.1. The number of nitrogens with zero attached hydrogens (tertiary/aromatic N) is 3. The minimum absolute atomic E-state index is 0.233. The van der Waals surface area contributed by atoms with E-state index in [1.165, 1.54) is 12.1 Å². The van der Waals surface area contributed by atoms with Crippen LogP contribution in [0.3, 0.4) is 0 Å². The van der Waals surface area contributed by atoms with Crippen molar-refractivity contribution in [2.75, 3.05) is 13.2 Å². The molecule has 7 rings (SSSR count). The van der Waals surface area contributed by atoms with E-state index in [0.29, 0.717) is 59.2 Å². The fourth-order valence-electron chi connectivity index (χ4n) is 7.41. The molecule has 260 valence electrons. The second kappa shape index (κ2) is 12.5. The Labute approximate surface area is 290 Å². The van der Waals surface area contributed by atoms with Crippen LogP contribution in [0.5, 0.6) is 11.5 Å². The Morgan fingerprint density at radius 3 is 2.06 bits per heavy atom. The van der Waals surface area contributed by atoms with E-state index in [1.807, 2.05) is 45.0 Å². The topological polar surface area (TPSA) is 95.2 Å². The molecular formula is C40H41F2N3O5. The van der Waals surface area contributed by atoms with Crippen molar-refractivity contribution in [3.63, 3.8) is 0 Å². The third-order valence-corrected chi connectivity index (χ3v) is 9.75. The highest BCUT2D eigenvalue weighted by Gasteiger charge is 2.35. The van der Waals surface area contributed by atoms with E-state index in [9.17, 15) is 9.90 Å². The van der Waals surface area contributed by atoms with Gasteiger partial charge < -0.3 is 19.3 Å². The number of rotatable bonds is 6. The molecule has 2 aliphatic heterocycles. The maximum atomic E-state index is 15.8. The number of aliphatic carboxylic acids is 1. The van der Waals surface area contributed by atoms with Crippen molar-refractivity contribution < 1.29 is 32.9 Å². The molecule has 0 spiro atoms. The first-order valence-electron chi connectivity index (χ1n) is 17.1. The number of ether oxygens (including phenoxy) is 3. The summed E-state index contributed by atoms with van der Waals surface area (Å²) in [5.74, 6) is -1.52. The Balaban J connectivity index is 1.48. The third kappa shape index (κ3) is 5.69. The third-order valence-electron chi connectivity index (χ3n) is 9.75. The first kappa shape index (κ1) is 33.7. The SMILES string of the molecule is Cc1nc2c(C)c(-c3cccc(-c4cc(F)c5c(c4C)CCCO5)c3)nn2c(-c2cc(F)c3c(c2C)CCCO3)c1[C@H](OC(C)(C)C)C(=O)O. The van der Waals surface area contributed by atoms with E-state index in [0.717, 1.165) is 63.8 Å². The van der Waals surface area contributed by atoms with Crippen LogP contribution in [0, 0.1) is 39.3 Å². The van der Waals surface area contributed by atoms with Gasteiger partial charge in [-0.1, -0.05) is 18.2 Å². The Morgan fingerprint density at radius 1 is 0.880 bits per heavy atom. The molecule has 0 bridgehead atoms. The van der Waals surface area contributed by atoms with Crippen molar-refractivity contribution >= 4 is 11.6 Å². The molecule has 0 saturated heterocycles. The van der Waals surface area contributed by atoms with E-state index in [2.05, 4.69) is 0 Å². The summed E-state index contributed by atoms with van der Waals surface area (Å²) in [6.45, 7) is 13.9. The highest BCUT2D eigenvalue weighted by Crippen LogP contribution is 2.43. The second-order valence-corrected chi connectivity index (χ2v) is 14.3. The van der Waals surface area contributed by atoms with Crippen LogP contribution in [-0.4, -0.2) is 44.5 Å². The van der Waals surface area contributed by atoms with Crippen LogP contribution in [0.15, 0.2) is 36.4 Å². The quantitative estimate of drug-likeness (QED) is 0.191. The summed E-state index contributed by atoms with van der Waals surface area (Å²) in [5.41, 5.74) is 8.42. The Morgan fingerprint density at radius 2 is 1.46 bits per heavy atom. The molecule has 2 aromatic heterocycles. The molecule has 0 radical (unpaired) electrons. The van der Waals surface area contributed by atoms with Crippen molar-refractivity contribution in [3.8, 4) is 45.1 Å². The monoisotopic (exact) mass is 681 g/mol. The second-order valence-electron chi connectivity index (χ2n) is 14.3. The van der Waals surface area contributed by atoms with Gasteiger partial charge in [0.2, 0.25) is 0 Å². The van der Waals surface area contributed by atoms with Gasteiger partial charge in [-0.05, 0) is 115 Å². The number of aryl methyl sites for hydroxylation is 2. The van der Waals surface area contributed by atoms with Crippen LogP contribution in [0.2, 0.25) is 0 Å². The van der Waals surface area contributed by atoms with Gasteiger partial charge in [-0.3, -0.25) is 0 Å². The molecule has 10 heteroatoms. The summed E-state index contributed by atoms with van der Waals surface area (Å²) < 4.78 is 50.3. The van der Waals surface area contributed by atoms with Crippen LogP contribution in [0.25, 0.3) is 39.3 Å². The average Bonchev–Trinajstić information content (AvgIpc) is 3.41. The fraction of sp³-hybridized carbons (Fsp3) is 0.375. The molecule has 8 nitrogen and oxygen atoms in total. The zero-order chi connectivity index (χ0) is 35.6. The van der Waals surface area contributed by atoms with Crippen LogP contribution in [0.4, 0.5) is 8.78 Å². The van der Waals surface area contributed by atoms with Crippen molar-refractivity contribution in [2.24, 2.45) is 0 Å². The molecule has 0 aliphatic carbocycles. The van der Waals surface area contributed by atoms with Crippen molar-refractivity contribution in [3.05, 3.63) is 87.1 Å². The van der Waals surface area contributed by atoms with E-state index < -0.39 is 23.5 Å². The summed E-state index contributed by atoms with van der Waals surface area (Å²) in [5, 5.41) is 15.6. The Bertz CT molecular complexity index is 2200. The van der Waals surface area contributed by atoms with Crippen LogP contribution >= 0.6 is 0 Å². The molecule has 4 heterocycles. The molecule has 3 aromatic carbocycles. The Hall–Kier alpha value is -4.83. The van der Waals surface area contributed by atoms with Gasteiger partial charge in [-0.15, -0.1) is 0 Å². The minimum atomic E-state index is -1.42. The molecule has 50 heavy (non-hydrogen) atoms. The molecule has 0 saturated carbocycles. The number of benzene rings is 3. The van der Waals surface area contributed by atoms with Crippen LogP contribution in [0.1, 0.15) is 78.8 Å². The van der Waals surface area contributed by atoms with Crippen molar-refractivity contribution in [1.82, 2.24) is 14.6 Å². The molecule has 0 amide bonds. The number of halogens is 2. The lowest BCUT2D eigenvalue weighted by molar-refractivity contribution is -0.160. The summed E-state index contributed by atoms with van der Waals surface area (Å²) >= 11 is 0. The van der Waals surface area contributed by atoms with Gasteiger partial charge in [-0.2, -0.15) is 5.10 Å². The van der Waals surface area contributed by atoms with Gasteiger partial charge >= 0.3 is 5.97 Å². The van der Waals surface area contributed by atoms with Crippen LogP contribution in [-0.2, 0) is 22.4 Å². The van der Waals surface area contributed by atoms with Gasteiger partial charge in [0, 0.05) is 39.1 Å². The molecule has 1 N–H and O–H groups in total. The highest BCUT2D eigenvalue weighted by atomic mass is 19.1. The summed E-state index contributed by atoms with van der Waals surface area (Å²) in [7, 11) is 0. The van der Waals surface area contributed by atoms with Crippen molar-refractivity contribution in [1.29, 1.82) is 0 Å². The van der Waals surface area contributed by atoms with Gasteiger partial charge in [0.15, 0.2) is 34.9 Å². The first-order chi connectivity index (χ1) is 23.7. The maximum Gasteiger partial charge on any atom is 0.337 e. The van der Waals surface area contributed by atoms with E-state index in [1.54, 1.807) is 32.2 Å². The van der Waals surface area contributed by atoms with Gasteiger partial charge in [-0.25, -0.2) is 23.1 Å². The fourth-order valence-corrected chi connectivity index (χ4v) is 7.41. The zero-order valence-corrected chi connectivity index (χ0v) is 29.5. The van der Waals surface area contributed by atoms with E-state index in [4.69, 9.17) is 24.3 Å². The number of fused-ring (bicyclic) bond motifs is 3. The van der Waals surface area contributed by atoms with E-state index in [-0.39, 0.29) is 11.6 Å². The molecule has 1 atom stereocenters. The smallest absolute Gasteiger partial charge is 0.337 e. The average molecular weight is 682 g/mol. The van der Waals surface area contributed by atoms with Gasteiger partial charge in [0.05, 0.1) is 30.2 Å². The normalized spacial score (nSPS) is 14.9.